The van der Waals surface area contributed by atoms with Gasteiger partial charge in [0.25, 0.3) is 5.91 Å². The number of aryl methyl sites for hydroxylation is 1. The minimum atomic E-state index is -0.952. The molecule has 0 radical (unpaired) electrons. The lowest BCUT2D eigenvalue weighted by Crippen LogP contribution is -2.58. The second-order valence-electron chi connectivity index (χ2n) is 8.80. The number of benzene rings is 2. The van der Waals surface area contributed by atoms with E-state index in [4.69, 9.17) is 4.74 Å². The Morgan fingerprint density at radius 2 is 1.87 bits per heavy atom. The molecule has 2 amide bonds. The lowest BCUT2D eigenvalue weighted by Gasteiger charge is -2.39. The van der Waals surface area contributed by atoms with Crippen LogP contribution in [0, 0.1) is 5.92 Å². The van der Waals surface area contributed by atoms with Gasteiger partial charge in [-0.1, -0.05) is 50.2 Å². The molecule has 0 aromatic heterocycles. The van der Waals surface area contributed by atoms with Crippen LogP contribution in [0.3, 0.4) is 0 Å². The summed E-state index contributed by atoms with van der Waals surface area (Å²) in [6, 6.07) is 15.4. The van der Waals surface area contributed by atoms with Crippen LogP contribution in [0.15, 0.2) is 48.5 Å². The second kappa shape index (κ2) is 9.99. The van der Waals surface area contributed by atoms with Crippen LogP contribution in [0.5, 0.6) is 5.75 Å². The van der Waals surface area contributed by atoms with Crippen molar-refractivity contribution in [2.45, 2.75) is 59.0 Å². The van der Waals surface area contributed by atoms with Crippen LogP contribution in [0.2, 0.25) is 0 Å². The SMILES string of the molecule is CCOc1ccccc1CN1C(=O)c2ccccc2CC[C@@]1(C)C(=O)NCCC(C)C. The van der Waals surface area contributed by atoms with Gasteiger partial charge in [-0.25, -0.2) is 0 Å². The Balaban J connectivity index is 1.98. The van der Waals surface area contributed by atoms with Gasteiger partial charge in [0.2, 0.25) is 5.91 Å². The van der Waals surface area contributed by atoms with Gasteiger partial charge < -0.3 is 15.0 Å². The number of fused-ring (bicyclic) bond motifs is 1. The van der Waals surface area contributed by atoms with Crippen molar-refractivity contribution in [3.63, 3.8) is 0 Å². The molecule has 5 nitrogen and oxygen atoms in total. The smallest absolute Gasteiger partial charge is 0.255 e. The van der Waals surface area contributed by atoms with Crippen molar-refractivity contribution in [3.05, 3.63) is 65.2 Å². The molecule has 0 spiro atoms. The number of para-hydroxylation sites is 1. The Labute approximate surface area is 185 Å². The molecule has 0 aliphatic carbocycles. The first-order chi connectivity index (χ1) is 14.9. The summed E-state index contributed by atoms with van der Waals surface area (Å²) in [4.78, 5) is 28.9. The third kappa shape index (κ3) is 5.09. The van der Waals surface area contributed by atoms with Gasteiger partial charge in [0.1, 0.15) is 11.3 Å². The molecule has 0 saturated carbocycles. The summed E-state index contributed by atoms with van der Waals surface area (Å²) in [5.41, 5.74) is 1.62. The van der Waals surface area contributed by atoms with E-state index in [-0.39, 0.29) is 11.8 Å². The van der Waals surface area contributed by atoms with Gasteiger partial charge in [0, 0.05) is 17.7 Å². The highest BCUT2D eigenvalue weighted by atomic mass is 16.5. The molecule has 0 bridgehead atoms. The second-order valence-corrected chi connectivity index (χ2v) is 8.80. The molecule has 1 aliphatic heterocycles. The number of carbonyl (C=O) groups excluding carboxylic acids is 2. The molecule has 166 valence electrons. The lowest BCUT2D eigenvalue weighted by atomic mass is 9.91. The largest absolute Gasteiger partial charge is 0.494 e. The Bertz CT molecular complexity index is 924. The summed E-state index contributed by atoms with van der Waals surface area (Å²) in [6.45, 7) is 9.57. The highest BCUT2D eigenvalue weighted by Gasteiger charge is 2.44. The van der Waals surface area contributed by atoms with Crippen LogP contribution >= 0.6 is 0 Å². The zero-order chi connectivity index (χ0) is 22.4. The summed E-state index contributed by atoms with van der Waals surface area (Å²) in [5.74, 6) is 1.05. The number of hydrogen-bond donors (Lipinski definition) is 1. The first-order valence-electron chi connectivity index (χ1n) is 11.3. The minimum absolute atomic E-state index is 0.0943. The van der Waals surface area contributed by atoms with Crippen LogP contribution in [-0.4, -0.2) is 35.4 Å². The number of hydrogen-bond acceptors (Lipinski definition) is 3. The van der Waals surface area contributed by atoms with E-state index in [1.54, 1.807) is 4.90 Å². The van der Waals surface area contributed by atoms with E-state index in [0.717, 1.165) is 23.3 Å². The summed E-state index contributed by atoms with van der Waals surface area (Å²) >= 11 is 0. The molecule has 3 rings (SSSR count). The standard InChI is InChI=1S/C26H34N2O3/c1-5-31-23-13-9-7-11-21(23)18-28-24(29)22-12-8-6-10-20(22)14-16-26(28,4)25(30)27-17-15-19(2)3/h6-13,19H,5,14-18H2,1-4H3,(H,27,30)/t26-/m0/s1. The van der Waals surface area contributed by atoms with Crippen molar-refractivity contribution in [2.75, 3.05) is 13.2 Å². The third-order valence-corrected chi connectivity index (χ3v) is 6.07. The van der Waals surface area contributed by atoms with E-state index in [2.05, 4.69) is 19.2 Å². The van der Waals surface area contributed by atoms with Crippen molar-refractivity contribution in [2.24, 2.45) is 5.92 Å². The number of nitrogens with zero attached hydrogens (tertiary/aromatic N) is 1. The topological polar surface area (TPSA) is 58.6 Å². The third-order valence-electron chi connectivity index (χ3n) is 6.07. The molecule has 2 aromatic rings. The molecular formula is C26H34N2O3. The molecule has 1 atom stereocenters. The van der Waals surface area contributed by atoms with Gasteiger partial charge in [-0.05, 0) is 56.7 Å². The molecule has 0 fully saturated rings. The summed E-state index contributed by atoms with van der Waals surface area (Å²) in [5, 5.41) is 3.09. The lowest BCUT2D eigenvalue weighted by molar-refractivity contribution is -0.132. The number of carbonyl (C=O) groups is 2. The van der Waals surface area contributed by atoms with Gasteiger partial charge in [-0.2, -0.15) is 0 Å². The van der Waals surface area contributed by atoms with Gasteiger partial charge in [0.05, 0.1) is 13.2 Å². The zero-order valence-electron chi connectivity index (χ0n) is 19.1. The maximum Gasteiger partial charge on any atom is 0.255 e. The van der Waals surface area contributed by atoms with Crippen LogP contribution in [0.25, 0.3) is 0 Å². The van der Waals surface area contributed by atoms with E-state index in [1.807, 2.05) is 62.4 Å². The van der Waals surface area contributed by atoms with Crippen molar-refractivity contribution in [3.8, 4) is 5.75 Å². The van der Waals surface area contributed by atoms with E-state index < -0.39 is 5.54 Å². The Morgan fingerprint density at radius 3 is 2.61 bits per heavy atom. The van der Waals surface area contributed by atoms with Gasteiger partial charge in [-0.3, -0.25) is 9.59 Å². The quantitative estimate of drug-likeness (QED) is 0.677. The monoisotopic (exact) mass is 422 g/mol. The predicted molar refractivity (Wildman–Crippen MR) is 123 cm³/mol. The molecule has 5 heteroatoms. The number of ether oxygens (including phenoxy) is 1. The zero-order valence-corrected chi connectivity index (χ0v) is 19.1. The van der Waals surface area contributed by atoms with Crippen molar-refractivity contribution in [1.29, 1.82) is 0 Å². The highest BCUT2D eigenvalue weighted by Crippen LogP contribution is 2.33. The molecule has 2 aromatic carbocycles. The first-order valence-corrected chi connectivity index (χ1v) is 11.3. The first kappa shape index (κ1) is 22.9. The van der Waals surface area contributed by atoms with Crippen molar-refractivity contribution in [1.82, 2.24) is 10.2 Å². The summed E-state index contributed by atoms with van der Waals surface area (Å²) in [6.07, 6.45) is 2.16. The van der Waals surface area contributed by atoms with Crippen LogP contribution < -0.4 is 10.1 Å². The number of rotatable bonds is 8. The van der Waals surface area contributed by atoms with Crippen molar-refractivity contribution >= 4 is 11.8 Å². The Hall–Kier alpha value is -2.82. The fraction of sp³-hybridized carbons (Fsp3) is 0.462. The molecule has 1 aliphatic rings. The van der Waals surface area contributed by atoms with Crippen molar-refractivity contribution < 1.29 is 14.3 Å². The van der Waals surface area contributed by atoms with Gasteiger partial charge in [-0.15, -0.1) is 0 Å². The number of nitrogens with one attached hydrogen (secondary N) is 1. The minimum Gasteiger partial charge on any atom is -0.494 e. The van der Waals surface area contributed by atoms with Crippen LogP contribution in [0.1, 0.15) is 62.0 Å². The predicted octanol–water partition coefficient (Wildman–Crippen LogP) is 4.59. The number of amides is 2. The van der Waals surface area contributed by atoms with Gasteiger partial charge in [0.15, 0.2) is 0 Å². The van der Waals surface area contributed by atoms with Crippen LogP contribution in [0.4, 0.5) is 0 Å². The molecule has 0 unspecified atom stereocenters. The summed E-state index contributed by atoms with van der Waals surface area (Å²) < 4.78 is 5.80. The molecule has 31 heavy (non-hydrogen) atoms. The summed E-state index contributed by atoms with van der Waals surface area (Å²) in [7, 11) is 0. The molecule has 1 heterocycles. The molecule has 0 saturated heterocycles. The van der Waals surface area contributed by atoms with E-state index in [1.165, 1.54) is 0 Å². The Kier molecular flexibility index (Phi) is 7.37. The average Bonchev–Trinajstić information content (AvgIpc) is 2.86. The maximum atomic E-state index is 13.7. The Morgan fingerprint density at radius 1 is 1.16 bits per heavy atom. The molecular weight excluding hydrogens is 388 g/mol. The van der Waals surface area contributed by atoms with Crippen LogP contribution in [-0.2, 0) is 17.8 Å². The van der Waals surface area contributed by atoms with Gasteiger partial charge >= 0.3 is 0 Å². The van der Waals surface area contributed by atoms with E-state index >= 15 is 0 Å². The maximum absolute atomic E-state index is 13.7. The average molecular weight is 423 g/mol. The normalized spacial score (nSPS) is 18.5. The van der Waals surface area contributed by atoms with E-state index in [0.29, 0.717) is 44.0 Å². The highest BCUT2D eigenvalue weighted by molar-refractivity contribution is 6.01. The fourth-order valence-corrected chi connectivity index (χ4v) is 4.08. The van der Waals surface area contributed by atoms with E-state index in [9.17, 15) is 9.59 Å². The molecule has 1 N–H and O–H groups in total. The fourth-order valence-electron chi connectivity index (χ4n) is 4.08.